The maximum Gasteiger partial charge on any atom is 0.274 e. The topological polar surface area (TPSA) is 160 Å². The van der Waals surface area contributed by atoms with Crippen LogP contribution in [0.5, 0.6) is 11.5 Å². The van der Waals surface area contributed by atoms with Crippen LogP contribution in [-0.2, 0) is 23.4 Å². The number of hydrogen-bond donors (Lipinski definition) is 4. The van der Waals surface area contributed by atoms with Gasteiger partial charge in [-0.3, -0.25) is 19.6 Å². The third kappa shape index (κ3) is 6.07. The molecule has 2 heterocycles. The molecule has 0 saturated heterocycles. The van der Waals surface area contributed by atoms with Crippen LogP contribution in [0, 0.1) is 11.6 Å². The molecular weight excluding hydrogens is 598 g/mol. The van der Waals surface area contributed by atoms with Crippen molar-refractivity contribution in [2.45, 2.75) is 11.4 Å². The van der Waals surface area contributed by atoms with Gasteiger partial charge in [0.2, 0.25) is 0 Å². The van der Waals surface area contributed by atoms with Gasteiger partial charge in [0.15, 0.2) is 21.4 Å². The number of carbonyl (C=O) groups is 2. The molecule has 0 aliphatic rings. The Hall–Kier alpha value is -5.34. The van der Waals surface area contributed by atoms with E-state index in [-0.39, 0.29) is 56.2 Å². The van der Waals surface area contributed by atoms with Crippen LogP contribution in [0.1, 0.15) is 26.4 Å². The van der Waals surface area contributed by atoms with E-state index in [0.29, 0.717) is 11.6 Å². The van der Waals surface area contributed by atoms with Crippen molar-refractivity contribution in [2.24, 2.45) is 7.05 Å². The third-order valence-corrected chi connectivity index (χ3v) is 7.87. The normalized spacial score (nSPS) is 11.4. The van der Waals surface area contributed by atoms with E-state index in [9.17, 15) is 31.6 Å². The molecule has 0 aliphatic heterocycles. The van der Waals surface area contributed by atoms with E-state index in [1.165, 1.54) is 59.7 Å². The SMILES string of the molecule is Cn1cc(-c2cc(S(C)(=O)=O)ccc2Oc2ccc(F)cc2F)c2cc(C(=O)NCc3ccc(C(=O)NO)cc3)[nH]c2c1=O. The minimum Gasteiger partial charge on any atom is -0.454 e. The number of H-pyrrole nitrogens is 1. The number of amides is 2. The lowest BCUT2D eigenvalue weighted by Gasteiger charge is -2.15. The van der Waals surface area contributed by atoms with Crippen LogP contribution in [0.3, 0.4) is 0 Å². The predicted molar refractivity (Wildman–Crippen MR) is 155 cm³/mol. The number of rotatable bonds is 8. The van der Waals surface area contributed by atoms with Crippen molar-refractivity contribution < 1.29 is 36.7 Å². The maximum absolute atomic E-state index is 14.5. The molecule has 0 atom stereocenters. The van der Waals surface area contributed by atoms with E-state index in [0.717, 1.165) is 18.4 Å². The number of carbonyl (C=O) groups excluding carboxylic acids is 2. The number of hydrogen-bond acceptors (Lipinski definition) is 7. The maximum atomic E-state index is 14.5. The number of fused-ring (bicyclic) bond motifs is 1. The minimum absolute atomic E-state index is 0.00776. The van der Waals surface area contributed by atoms with E-state index in [1.807, 2.05) is 0 Å². The first-order valence-corrected chi connectivity index (χ1v) is 14.8. The van der Waals surface area contributed by atoms with E-state index in [1.54, 1.807) is 12.1 Å². The fourth-order valence-corrected chi connectivity index (χ4v) is 5.15. The lowest BCUT2D eigenvalue weighted by molar-refractivity contribution is 0.0706. The average molecular weight is 623 g/mol. The summed E-state index contributed by atoms with van der Waals surface area (Å²) in [6, 6.07) is 14.2. The Morgan fingerprint density at radius 2 is 1.66 bits per heavy atom. The van der Waals surface area contributed by atoms with Crippen molar-refractivity contribution >= 4 is 32.6 Å². The van der Waals surface area contributed by atoms with Gasteiger partial charge in [-0.25, -0.2) is 22.7 Å². The van der Waals surface area contributed by atoms with Crippen LogP contribution < -0.4 is 21.1 Å². The number of aryl methyl sites for hydroxylation is 1. The number of nitrogens with one attached hydrogen (secondary N) is 3. The molecular formula is C30H24F2N4O7S. The smallest absolute Gasteiger partial charge is 0.274 e. The molecule has 0 unspecified atom stereocenters. The van der Waals surface area contributed by atoms with Gasteiger partial charge in [-0.2, -0.15) is 0 Å². The first-order valence-electron chi connectivity index (χ1n) is 12.9. The molecule has 3 aromatic carbocycles. The number of benzene rings is 3. The van der Waals surface area contributed by atoms with Crippen LogP contribution in [0.2, 0.25) is 0 Å². The van der Waals surface area contributed by atoms with Crippen molar-refractivity contribution in [3.63, 3.8) is 0 Å². The Labute approximate surface area is 248 Å². The van der Waals surface area contributed by atoms with Gasteiger partial charge < -0.3 is 19.6 Å². The summed E-state index contributed by atoms with van der Waals surface area (Å²) < 4.78 is 59.8. The lowest BCUT2D eigenvalue weighted by Crippen LogP contribution is -2.23. The largest absolute Gasteiger partial charge is 0.454 e. The fourth-order valence-electron chi connectivity index (χ4n) is 4.50. The van der Waals surface area contributed by atoms with Crippen LogP contribution in [0.4, 0.5) is 8.78 Å². The Morgan fingerprint density at radius 3 is 2.32 bits per heavy atom. The van der Waals surface area contributed by atoms with Gasteiger partial charge in [-0.15, -0.1) is 0 Å². The average Bonchev–Trinajstić information content (AvgIpc) is 3.45. The highest BCUT2D eigenvalue weighted by Crippen LogP contribution is 2.39. The number of ether oxygens (including phenoxy) is 1. The van der Waals surface area contributed by atoms with Crippen LogP contribution in [-0.4, -0.2) is 41.2 Å². The van der Waals surface area contributed by atoms with Crippen LogP contribution in [0.25, 0.3) is 22.0 Å². The van der Waals surface area contributed by atoms with Gasteiger partial charge >= 0.3 is 0 Å². The highest BCUT2D eigenvalue weighted by atomic mass is 32.2. The molecule has 0 bridgehead atoms. The first kappa shape index (κ1) is 30.1. The van der Waals surface area contributed by atoms with Crippen molar-refractivity contribution in [3.05, 3.63) is 112 Å². The molecule has 0 fully saturated rings. The summed E-state index contributed by atoms with van der Waals surface area (Å²) in [7, 11) is -2.25. The van der Waals surface area contributed by atoms with E-state index in [2.05, 4.69) is 10.3 Å². The van der Waals surface area contributed by atoms with Gasteiger partial charge in [-0.05, 0) is 54.1 Å². The summed E-state index contributed by atoms with van der Waals surface area (Å²) in [5, 5.41) is 11.7. The fraction of sp³-hybridized carbons (Fsp3) is 0.100. The third-order valence-electron chi connectivity index (χ3n) is 6.76. The number of aromatic amines is 1. The molecule has 44 heavy (non-hydrogen) atoms. The monoisotopic (exact) mass is 622 g/mol. The predicted octanol–water partition coefficient (Wildman–Crippen LogP) is 4.06. The standard InChI is InChI=1S/C30H24F2N4O7S/c1-36-15-22(20-12-19(44(2,41)42)8-10-25(20)43-26-9-7-18(31)11-23(26)32)21-13-24(34-27(21)30(36)39)29(38)33-14-16-3-5-17(6-4-16)28(37)35-40/h3-13,15,34,40H,14H2,1-2H3,(H,33,38)(H,35,37). The van der Waals surface area contributed by atoms with Gasteiger partial charge in [0.1, 0.15) is 22.8 Å². The number of nitrogens with zero attached hydrogens (tertiary/aromatic N) is 1. The molecule has 11 nitrogen and oxygen atoms in total. The van der Waals surface area contributed by atoms with Crippen molar-refractivity contribution in [2.75, 3.05) is 6.26 Å². The molecule has 0 radical (unpaired) electrons. The number of aromatic nitrogens is 2. The highest BCUT2D eigenvalue weighted by Gasteiger charge is 2.21. The zero-order valence-electron chi connectivity index (χ0n) is 23.1. The number of pyridine rings is 1. The Balaban J connectivity index is 1.56. The number of sulfone groups is 1. The molecule has 0 spiro atoms. The Morgan fingerprint density at radius 1 is 0.955 bits per heavy atom. The second-order valence-electron chi connectivity index (χ2n) is 9.86. The van der Waals surface area contributed by atoms with Gasteiger partial charge in [0.05, 0.1) is 4.90 Å². The quantitative estimate of drug-likeness (QED) is 0.150. The molecule has 2 aromatic heterocycles. The highest BCUT2D eigenvalue weighted by molar-refractivity contribution is 7.90. The first-order chi connectivity index (χ1) is 20.8. The second kappa shape index (κ2) is 11.7. The van der Waals surface area contributed by atoms with Gasteiger partial charge in [0.25, 0.3) is 17.4 Å². The summed E-state index contributed by atoms with van der Waals surface area (Å²) in [4.78, 5) is 40.4. The van der Waals surface area contributed by atoms with E-state index < -0.39 is 38.8 Å². The van der Waals surface area contributed by atoms with Crippen molar-refractivity contribution in [1.29, 1.82) is 0 Å². The number of hydroxylamine groups is 1. The molecule has 4 N–H and O–H groups in total. The van der Waals surface area contributed by atoms with Crippen LogP contribution in [0.15, 0.2) is 82.6 Å². The molecule has 5 rings (SSSR count). The summed E-state index contributed by atoms with van der Waals surface area (Å²) in [5.74, 6) is -3.36. The molecule has 5 aromatic rings. The Bertz CT molecular complexity index is 2110. The summed E-state index contributed by atoms with van der Waals surface area (Å²) in [6.07, 6.45) is 2.44. The molecule has 226 valence electrons. The second-order valence-corrected chi connectivity index (χ2v) is 11.9. The zero-order valence-corrected chi connectivity index (χ0v) is 24.0. The molecule has 2 amide bonds. The van der Waals surface area contributed by atoms with Gasteiger partial charge in [-0.1, -0.05) is 12.1 Å². The van der Waals surface area contributed by atoms with E-state index >= 15 is 0 Å². The number of halogens is 2. The molecule has 0 saturated carbocycles. The zero-order chi connectivity index (χ0) is 31.8. The summed E-state index contributed by atoms with van der Waals surface area (Å²) >= 11 is 0. The van der Waals surface area contributed by atoms with Crippen molar-refractivity contribution in [1.82, 2.24) is 20.3 Å². The van der Waals surface area contributed by atoms with Crippen molar-refractivity contribution in [3.8, 4) is 22.6 Å². The Kier molecular flexibility index (Phi) is 8.04. The van der Waals surface area contributed by atoms with Gasteiger partial charge in [0, 0.05) is 54.2 Å². The lowest BCUT2D eigenvalue weighted by atomic mass is 10.0. The molecule has 0 aliphatic carbocycles. The van der Waals surface area contributed by atoms with Crippen LogP contribution >= 0.6 is 0 Å². The minimum atomic E-state index is -3.71. The summed E-state index contributed by atoms with van der Waals surface area (Å²) in [5.41, 5.74) is 2.43. The van der Waals surface area contributed by atoms with E-state index in [4.69, 9.17) is 9.94 Å². The summed E-state index contributed by atoms with van der Waals surface area (Å²) in [6.45, 7) is 0.0672. The molecule has 14 heteroatoms.